The summed E-state index contributed by atoms with van der Waals surface area (Å²) in [6, 6.07) is 3.85. The Balaban J connectivity index is 2.06. The monoisotopic (exact) mass is 310 g/mol. The summed E-state index contributed by atoms with van der Waals surface area (Å²) >= 11 is 12.3. The Bertz CT molecular complexity index is 598. The van der Waals surface area contributed by atoms with Crippen LogP contribution in [0.2, 0.25) is 10.0 Å². The first-order valence-corrected chi connectivity index (χ1v) is 7.05. The molecular weight excluding hydrogens is 295 g/mol. The van der Waals surface area contributed by atoms with E-state index in [1.165, 1.54) is 0 Å². The first-order chi connectivity index (χ1) is 9.51. The van der Waals surface area contributed by atoms with Crippen LogP contribution < -0.4 is 5.73 Å². The van der Waals surface area contributed by atoms with Gasteiger partial charge in [-0.25, -0.2) is 0 Å². The highest BCUT2D eigenvalue weighted by molar-refractivity contribution is 6.37. The van der Waals surface area contributed by atoms with Crippen molar-refractivity contribution in [2.75, 3.05) is 5.73 Å². The van der Waals surface area contributed by atoms with Gasteiger partial charge in [0.1, 0.15) is 5.82 Å². The number of benzene rings is 1. The number of nitrogens with zero attached hydrogens (tertiary/aromatic N) is 2. The van der Waals surface area contributed by atoms with Crippen LogP contribution in [0.1, 0.15) is 36.2 Å². The maximum absolute atomic E-state index is 6.17. The third kappa shape index (κ3) is 3.32. The zero-order valence-corrected chi connectivity index (χ0v) is 12.7. The Morgan fingerprint density at radius 3 is 2.55 bits per heavy atom. The van der Waals surface area contributed by atoms with Gasteiger partial charge in [0.25, 0.3) is 0 Å². The van der Waals surface area contributed by atoms with E-state index in [1.54, 1.807) is 6.08 Å². The highest BCUT2D eigenvalue weighted by atomic mass is 35.5. The molecule has 0 aliphatic rings. The number of hydrogen-bond donors (Lipinski definition) is 2. The summed E-state index contributed by atoms with van der Waals surface area (Å²) in [6.45, 7) is 5.77. The molecule has 6 heteroatoms. The van der Waals surface area contributed by atoms with Gasteiger partial charge in [-0.3, -0.25) is 5.10 Å². The van der Waals surface area contributed by atoms with Crippen LogP contribution in [0.5, 0.6) is 0 Å². The van der Waals surface area contributed by atoms with Crippen molar-refractivity contribution in [2.24, 2.45) is 0 Å². The first kappa shape index (κ1) is 14.9. The number of nitrogens with one attached hydrogen (secondary N) is 1. The van der Waals surface area contributed by atoms with Crippen LogP contribution in [-0.4, -0.2) is 15.2 Å². The van der Waals surface area contributed by atoms with E-state index in [-0.39, 0.29) is 11.9 Å². The van der Waals surface area contributed by atoms with E-state index in [9.17, 15) is 0 Å². The number of nitrogen functional groups attached to an aromatic ring is 1. The van der Waals surface area contributed by atoms with Gasteiger partial charge in [0.05, 0.1) is 0 Å². The molecule has 1 aromatic carbocycles. The van der Waals surface area contributed by atoms with Crippen molar-refractivity contribution >= 4 is 35.2 Å². The second kappa shape index (κ2) is 6.29. The van der Waals surface area contributed by atoms with Crippen molar-refractivity contribution in [3.63, 3.8) is 0 Å². The predicted molar refractivity (Wildman–Crippen MR) is 84.1 cm³/mol. The zero-order valence-electron chi connectivity index (χ0n) is 11.2. The number of hydrogen-bond acceptors (Lipinski definition) is 3. The summed E-state index contributed by atoms with van der Waals surface area (Å²) < 4.78 is 0. The molecule has 3 N–H and O–H groups in total. The van der Waals surface area contributed by atoms with Crippen molar-refractivity contribution in [1.82, 2.24) is 15.2 Å². The summed E-state index contributed by atoms with van der Waals surface area (Å²) in [5, 5.41) is 7.91. The summed E-state index contributed by atoms with van der Waals surface area (Å²) in [6.07, 6.45) is 3.40. The van der Waals surface area contributed by atoms with Crippen LogP contribution >= 0.6 is 23.2 Å². The zero-order chi connectivity index (χ0) is 14.7. The molecule has 106 valence electrons. The van der Waals surface area contributed by atoms with Crippen LogP contribution in [-0.2, 0) is 6.42 Å². The van der Waals surface area contributed by atoms with E-state index in [0.29, 0.717) is 10.0 Å². The van der Waals surface area contributed by atoms with Crippen molar-refractivity contribution < 1.29 is 0 Å². The highest BCUT2D eigenvalue weighted by Crippen LogP contribution is 2.29. The Kier molecular flexibility index (Phi) is 4.68. The van der Waals surface area contributed by atoms with Crippen molar-refractivity contribution in [1.29, 1.82) is 0 Å². The number of halogens is 2. The summed E-state index contributed by atoms with van der Waals surface area (Å²) in [7, 11) is 0. The smallest absolute Gasteiger partial charge is 0.239 e. The normalized spacial score (nSPS) is 12.3. The number of aromatic nitrogens is 3. The summed E-state index contributed by atoms with van der Waals surface area (Å²) in [4.78, 5) is 4.13. The standard InChI is InChI=1S/C14H16Cl2N4/c1-3-10-11(15)6-9(7-12(10)16)5-4-8(2)13-18-14(17)20-19-13/h3,6-8H,1,4-5H2,2H3,(H3,17,18,19,20). The molecule has 0 saturated heterocycles. The van der Waals surface area contributed by atoms with Crippen LogP contribution in [0.15, 0.2) is 18.7 Å². The number of rotatable bonds is 5. The van der Waals surface area contributed by atoms with E-state index in [2.05, 4.69) is 28.7 Å². The molecule has 4 nitrogen and oxygen atoms in total. The van der Waals surface area contributed by atoms with E-state index in [1.807, 2.05) is 12.1 Å². The van der Waals surface area contributed by atoms with E-state index >= 15 is 0 Å². The van der Waals surface area contributed by atoms with E-state index in [4.69, 9.17) is 28.9 Å². The lowest BCUT2D eigenvalue weighted by Crippen LogP contribution is -1.99. The van der Waals surface area contributed by atoms with Crippen LogP contribution in [0, 0.1) is 0 Å². The average molecular weight is 311 g/mol. The van der Waals surface area contributed by atoms with Crippen LogP contribution in [0.3, 0.4) is 0 Å². The first-order valence-electron chi connectivity index (χ1n) is 6.29. The van der Waals surface area contributed by atoms with Gasteiger partial charge < -0.3 is 5.73 Å². The van der Waals surface area contributed by atoms with Crippen molar-refractivity contribution in [3.8, 4) is 0 Å². The maximum atomic E-state index is 6.17. The molecule has 1 heterocycles. The fraction of sp³-hybridized carbons (Fsp3) is 0.286. The number of H-pyrrole nitrogens is 1. The second-order valence-corrected chi connectivity index (χ2v) is 5.51. The van der Waals surface area contributed by atoms with Gasteiger partial charge in [-0.1, -0.05) is 42.8 Å². The van der Waals surface area contributed by atoms with Gasteiger partial charge in [-0.15, -0.1) is 5.10 Å². The molecule has 0 radical (unpaired) electrons. The Morgan fingerprint density at radius 2 is 2.05 bits per heavy atom. The van der Waals surface area contributed by atoms with Gasteiger partial charge in [-0.05, 0) is 30.5 Å². The molecule has 0 fully saturated rings. The van der Waals surface area contributed by atoms with Gasteiger partial charge in [0, 0.05) is 21.5 Å². The topological polar surface area (TPSA) is 67.6 Å². The molecule has 0 amide bonds. The summed E-state index contributed by atoms with van der Waals surface area (Å²) in [5.41, 5.74) is 7.36. The molecule has 1 aromatic heterocycles. The third-order valence-corrected chi connectivity index (χ3v) is 3.82. The Labute approximate surface area is 128 Å². The lowest BCUT2D eigenvalue weighted by molar-refractivity contribution is 0.641. The molecule has 0 aliphatic carbocycles. The quantitative estimate of drug-likeness (QED) is 0.874. The molecular formula is C14H16Cl2N4. The minimum absolute atomic E-state index is 0.233. The molecule has 1 unspecified atom stereocenters. The number of aryl methyl sites for hydroxylation is 1. The number of nitrogens with two attached hydrogens (primary N) is 1. The molecule has 0 spiro atoms. The van der Waals surface area contributed by atoms with Gasteiger partial charge in [0.2, 0.25) is 5.95 Å². The Hall–Kier alpha value is -1.52. The Morgan fingerprint density at radius 1 is 1.40 bits per heavy atom. The molecule has 1 atom stereocenters. The lowest BCUT2D eigenvalue weighted by Gasteiger charge is -2.10. The fourth-order valence-electron chi connectivity index (χ4n) is 2.00. The van der Waals surface area contributed by atoms with E-state index < -0.39 is 0 Å². The number of anilines is 1. The molecule has 0 aliphatic heterocycles. The average Bonchev–Trinajstić information content (AvgIpc) is 2.82. The maximum Gasteiger partial charge on any atom is 0.239 e. The number of aromatic amines is 1. The van der Waals surface area contributed by atoms with Crippen molar-refractivity contribution in [3.05, 3.63) is 45.7 Å². The second-order valence-electron chi connectivity index (χ2n) is 4.70. The summed E-state index contributed by atoms with van der Waals surface area (Å²) in [5.74, 6) is 1.30. The fourth-order valence-corrected chi connectivity index (χ4v) is 2.69. The van der Waals surface area contributed by atoms with Gasteiger partial charge >= 0.3 is 0 Å². The van der Waals surface area contributed by atoms with Crippen LogP contribution in [0.25, 0.3) is 6.08 Å². The highest BCUT2D eigenvalue weighted by Gasteiger charge is 2.12. The molecule has 2 rings (SSSR count). The minimum Gasteiger partial charge on any atom is -0.367 e. The van der Waals surface area contributed by atoms with Crippen LogP contribution in [0.4, 0.5) is 5.95 Å². The molecule has 0 saturated carbocycles. The largest absolute Gasteiger partial charge is 0.367 e. The SMILES string of the molecule is C=Cc1c(Cl)cc(CCC(C)c2nc(N)n[nH]2)cc1Cl. The third-order valence-electron chi connectivity index (χ3n) is 3.20. The molecule has 2 aromatic rings. The molecule has 20 heavy (non-hydrogen) atoms. The minimum atomic E-state index is 0.233. The molecule has 0 bridgehead atoms. The predicted octanol–water partition coefficient (Wildman–Crippen LogP) is 4.07. The van der Waals surface area contributed by atoms with Gasteiger partial charge in [0.15, 0.2) is 0 Å². The lowest BCUT2D eigenvalue weighted by atomic mass is 9.99. The van der Waals surface area contributed by atoms with Crippen molar-refractivity contribution in [2.45, 2.75) is 25.7 Å². The van der Waals surface area contributed by atoms with Gasteiger partial charge in [-0.2, -0.15) is 4.98 Å². The van der Waals surface area contributed by atoms with E-state index in [0.717, 1.165) is 29.8 Å².